The van der Waals surface area contributed by atoms with Crippen LogP contribution < -0.4 is 0 Å². The topological polar surface area (TPSA) is 46.0 Å². The molecule has 1 N–H and O–H groups in total. The molecule has 0 bridgehead atoms. The Kier molecular flexibility index (Phi) is 2.78. The fraction of sp³-hybridized carbons (Fsp3) is 0.333. The molecule has 0 saturated carbocycles. The molecule has 12 heavy (non-hydrogen) atoms. The number of hydrogen-bond acceptors (Lipinski definition) is 3. The maximum Gasteiger partial charge on any atom is 0.126 e. The van der Waals surface area contributed by atoms with Gasteiger partial charge >= 0.3 is 0 Å². The van der Waals surface area contributed by atoms with Crippen molar-refractivity contribution in [1.82, 2.24) is 9.97 Å². The molecular formula is C9H10N2O. The summed E-state index contributed by atoms with van der Waals surface area (Å²) in [6.07, 6.45) is 1.04. The summed E-state index contributed by atoms with van der Waals surface area (Å²) in [4.78, 5) is 7.97. The molecule has 0 aromatic carbocycles. The van der Waals surface area contributed by atoms with Crippen LogP contribution in [-0.4, -0.2) is 21.2 Å². The lowest BCUT2D eigenvalue weighted by atomic mass is 10.3. The molecule has 3 heteroatoms. The van der Waals surface area contributed by atoms with Crippen LogP contribution in [0.25, 0.3) is 0 Å². The number of aromatic nitrogens is 2. The zero-order valence-electron chi connectivity index (χ0n) is 7.07. The Morgan fingerprint density at radius 3 is 2.92 bits per heavy atom. The second kappa shape index (κ2) is 3.84. The average Bonchev–Trinajstić information content (AvgIpc) is 2.01. The van der Waals surface area contributed by atoms with Gasteiger partial charge in [0.2, 0.25) is 0 Å². The lowest BCUT2D eigenvalue weighted by Crippen LogP contribution is -1.94. The van der Waals surface area contributed by atoms with Crippen LogP contribution in [0.15, 0.2) is 12.3 Å². The van der Waals surface area contributed by atoms with Gasteiger partial charge in [-0.1, -0.05) is 5.92 Å². The summed E-state index contributed by atoms with van der Waals surface area (Å²) in [5.41, 5.74) is 0.642. The van der Waals surface area contributed by atoms with E-state index in [-0.39, 0.29) is 0 Å². The third kappa shape index (κ3) is 2.69. The minimum Gasteiger partial charge on any atom is -0.381 e. The number of aryl methyl sites for hydroxylation is 1. The van der Waals surface area contributed by atoms with Crippen molar-refractivity contribution in [3.63, 3.8) is 0 Å². The van der Waals surface area contributed by atoms with Gasteiger partial charge in [0.15, 0.2) is 0 Å². The summed E-state index contributed by atoms with van der Waals surface area (Å²) >= 11 is 0. The van der Waals surface area contributed by atoms with Crippen molar-refractivity contribution in [2.45, 2.75) is 20.0 Å². The highest BCUT2D eigenvalue weighted by Crippen LogP contribution is 1.91. The SMILES string of the molecule is Cc1nccc(C#C[C@@H](C)O)n1. The summed E-state index contributed by atoms with van der Waals surface area (Å²) in [5, 5.41) is 8.87. The molecule has 0 radical (unpaired) electrons. The standard InChI is InChI=1S/C9H10N2O/c1-7(12)3-4-9-5-6-10-8(2)11-9/h5-7,12H,1-2H3/t7-/m1/s1. The number of aliphatic hydroxyl groups excluding tert-OH is 1. The third-order valence-corrected chi connectivity index (χ3v) is 1.19. The highest BCUT2D eigenvalue weighted by Gasteiger charge is 1.90. The molecule has 0 aliphatic carbocycles. The van der Waals surface area contributed by atoms with E-state index in [9.17, 15) is 0 Å². The Morgan fingerprint density at radius 2 is 2.33 bits per heavy atom. The van der Waals surface area contributed by atoms with Gasteiger partial charge in [0.1, 0.15) is 17.6 Å². The van der Waals surface area contributed by atoms with Gasteiger partial charge < -0.3 is 5.11 Å². The summed E-state index contributed by atoms with van der Waals surface area (Å²) in [7, 11) is 0. The van der Waals surface area contributed by atoms with E-state index in [2.05, 4.69) is 21.8 Å². The number of hydrogen-bond donors (Lipinski definition) is 1. The third-order valence-electron chi connectivity index (χ3n) is 1.19. The van der Waals surface area contributed by atoms with Crippen LogP contribution in [0.3, 0.4) is 0 Å². The van der Waals surface area contributed by atoms with Crippen LogP contribution in [0.1, 0.15) is 18.4 Å². The number of rotatable bonds is 0. The molecule has 0 fully saturated rings. The average molecular weight is 162 g/mol. The van der Waals surface area contributed by atoms with Crippen LogP contribution in [0.5, 0.6) is 0 Å². The predicted octanol–water partition coefficient (Wildman–Crippen LogP) is 0.517. The highest BCUT2D eigenvalue weighted by atomic mass is 16.3. The van der Waals surface area contributed by atoms with Crippen molar-refractivity contribution in [2.24, 2.45) is 0 Å². The minimum atomic E-state index is -0.611. The van der Waals surface area contributed by atoms with Crippen molar-refractivity contribution in [1.29, 1.82) is 0 Å². The maximum absolute atomic E-state index is 8.87. The van der Waals surface area contributed by atoms with Gasteiger partial charge in [-0.3, -0.25) is 0 Å². The normalized spacial score (nSPS) is 11.6. The first-order chi connectivity index (χ1) is 5.68. The Bertz CT molecular complexity index is 323. The molecule has 1 atom stereocenters. The van der Waals surface area contributed by atoms with Crippen molar-refractivity contribution >= 4 is 0 Å². The summed E-state index contributed by atoms with van der Waals surface area (Å²) in [6, 6.07) is 1.71. The molecule has 0 aliphatic rings. The second-order valence-electron chi connectivity index (χ2n) is 2.43. The van der Waals surface area contributed by atoms with Gasteiger partial charge in [-0.15, -0.1) is 0 Å². The largest absolute Gasteiger partial charge is 0.381 e. The zero-order valence-corrected chi connectivity index (χ0v) is 7.07. The van der Waals surface area contributed by atoms with Crippen LogP contribution in [0, 0.1) is 18.8 Å². The van der Waals surface area contributed by atoms with Gasteiger partial charge in [-0.2, -0.15) is 0 Å². The molecule has 62 valence electrons. The van der Waals surface area contributed by atoms with Crippen molar-refractivity contribution < 1.29 is 5.11 Å². The molecule has 0 aliphatic heterocycles. The summed E-state index contributed by atoms with van der Waals surface area (Å²) < 4.78 is 0. The van der Waals surface area contributed by atoms with Crippen molar-refractivity contribution in [2.75, 3.05) is 0 Å². The Labute approximate surface area is 71.5 Å². The lowest BCUT2D eigenvalue weighted by molar-refractivity contribution is 0.253. The van der Waals surface area contributed by atoms with Crippen LogP contribution in [0.4, 0.5) is 0 Å². The van der Waals surface area contributed by atoms with E-state index in [1.165, 1.54) is 0 Å². The Hall–Kier alpha value is -1.40. The van der Waals surface area contributed by atoms with E-state index >= 15 is 0 Å². The molecule has 0 unspecified atom stereocenters. The maximum atomic E-state index is 8.87. The first-order valence-electron chi connectivity index (χ1n) is 3.68. The van der Waals surface area contributed by atoms with Gasteiger partial charge in [0, 0.05) is 6.20 Å². The van der Waals surface area contributed by atoms with E-state index in [0.717, 1.165) is 0 Å². The molecular weight excluding hydrogens is 152 g/mol. The lowest BCUT2D eigenvalue weighted by Gasteiger charge is -1.91. The molecule has 1 rings (SSSR count). The molecule has 1 aromatic rings. The number of aliphatic hydroxyl groups is 1. The van der Waals surface area contributed by atoms with Gasteiger partial charge in [0.05, 0.1) is 0 Å². The smallest absolute Gasteiger partial charge is 0.126 e. The van der Waals surface area contributed by atoms with Gasteiger partial charge in [0.25, 0.3) is 0 Å². The molecule has 0 spiro atoms. The molecule has 3 nitrogen and oxygen atoms in total. The van der Waals surface area contributed by atoms with Crippen LogP contribution in [0.2, 0.25) is 0 Å². The number of nitrogens with zero attached hydrogens (tertiary/aromatic N) is 2. The Morgan fingerprint density at radius 1 is 1.58 bits per heavy atom. The monoisotopic (exact) mass is 162 g/mol. The van der Waals surface area contributed by atoms with E-state index in [1.807, 2.05) is 0 Å². The van der Waals surface area contributed by atoms with Crippen LogP contribution in [-0.2, 0) is 0 Å². The van der Waals surface area contributed by atoms with E-state index in [0.29, 0.717) is 11.5 Å². The molecule has 0 amide bonds. The van der Waals surface area contributed by atoms with Crippen molar-refractivity contribution in [3.05, 3.63) is 23.8 Å². The second-order valence-corrected chi connectivity index (χ2v) is 2.43. The minimum absolute atomic E-state index is 0.611. The molecule has 1 aromatic heterocycles. The highest BCUT2D eigenvalue weighted by molar-refractivity contribution is 5.27. The fourth-order valence-electron chi connectivity index (χ4n) is 0.704. The first-order valence-corrected chi connectivity index (χ1v) is 3.68. The Balaban J connectivity index is 2.85. The van der Waals surface area contributed by atoms with E-state index in [4.69, 9.17) is 5.11 Å². The predicted molar refractivity (Wildman–Crippen MR) is 45.3 cm³/mol. The van der Waals surface area contributed by atoms with Gasteiger partial charge in [-0.05, 0) is 25.8 Å². The van der Waals surface area contributed by atoms with Crippen molar-refractivity contribution in [3.8, 4) is 11.8 Å². The quantitative estimate of drug-likeness (QED) is 0.565. The van der Waals surface area contributed by atoms with E-state index in [1.54, 1.807) is 26.1 Å². The summed E-state index contributed by atoms with van der Waals surface area (Å²) in [6.45, 7) is 3.41. The van der Waals surface area contributed by atoms with Gasteiger partial charge in [-0.25, -0.2) is 9.97 Å². The molecule has 1 heterocycles. The van der Waals surface area contributed by atoms with E-state index < -0.39 is 6.10 Å². The first kappa shape index (κ1) is 8.69. The van der Waals surface area contributed by atoms with Crippen LogP contribution >= 0.6 is 0 Å². The fourth-order valence-corrected chi connectivity index (χ4v) is 0.704. The zero-order chi connectivity index (χ0) is 8.97. The summed E-state index contributed by atoms with van der Waals surface area (Å²) in [5.74, 6) is 6.03. The molecule has 0 saturated heterocycles.